The first-order chi connectivity index (χ1) is 6.51. The maximum atomic E-state index is 12.0. The summed E-state index contributed by atoms with van der Waals surface area (Å²) in [6.07, 6.45) is 1.88. The Bertz CT molecular complexity index is 328. The first kappa shape index (κ1) is 10.1. The van der Waals surface area contributed by atoms with Crippen LogP contribution >= 0.6 is 15.9 Å². The molecule has 0 saturated heterocycles. The Hall–Kier alpha value is -0.380. The van der Waals surface area contributed by atoms with Crippen molar-refractivity contribution in [3.05, 3.63) is 0 Å². The van der Waals surface area contributed by atoms with Crippen molar-refractivity contribution in [3.8, 4) is 0 Å². The topological polar surface area (TPSA) is 49.7 Å². The van der Waals surface area contributed by atoms with Crippen molar-refractivity contribution < 1.29 is 10.0 Å². The molecule has 1 N–H and O–H groups in total. The van der Waals surface area contributed by atoms with Gasteiger partial charge in [0.05, 0.1) is 0 Å². The third-order valence-corrected chi connectivity index (χ3v) is 5.58. The van der Waals surface area contributed by atoms with Gasteiger partial charge in [0.15, 0.2) is 5.78 Å². The zero-order valence-electron chi connectivity index (χ0n) is 8.38. The molecule has 0 spiro atoms. The quantitative estimate of drug-likeness (QED) is 0.446. The second kappa shape index (κ2) is 2.81. The molecule has 2 aliphatic rings. The van der Waals surface area contributed by atoms with Crippen LogP contribution in [0.1, 0.15) is 26.7 Å². The fourth-order valence-electron chi connectivity index (χ4n) is 3.03. The summed E-state index contributed by atoms with van der Waals surface area (Å²) in [5.41, 5.74) is -0.0188. The van der Waals surface area contributed by atoms with E-state index in [1.807, 2.05) is 6.92 Å². The summed E-state index contributed by atoms with van der Waals surface area (Å²) in [6.45, 7) is 4.10. The molecule has 0 aliphatic heterocycles. The highest BCUT2D eigenvalue weighted by Gasteiger charge is 2.67. The van der Waals surface area contributed by atoms with Gasteiger partial charge < -0.3 is 5.21 Å². The van der Waals surface area contributed by atoms with Gasteiger partial charge in [0.1, 0.15) is 5.71 Å². The van der Waals surface area contributed by atoms with Crippen LogP contribution in [-0.2, 0) is 4.79 Å². The van der Waals surface area contributed by atoms with Crippen LogP contribution in [0.2, 0.25) is 0 Å². The smallest absolute Gasteiger partial charge is 0.187 e. The Morgan fingerprint density at radius 3 is 2.64 bits per heavy atom. The number of fused-ring (bicyclic) bond motifs is 2. The van der Waals surface area contributed by atoms with Crippen molar-refractivity contribution in [2.75, 3.05) is 5.33 Å². The number of Topliss-reactive ketones (excluding diaryl/α,β-unsaturated/α-hetero) is 1. The predicted octanol–water partition coefficient (Wildman–Crippen LogP) is 2.22. The molecule has 0 aromatic rings. The highest BCUT2D eigenvalue weighted by atomic mass is 79.9. The lowest BCUT2D eigenvalue weighted by atomic mass is 9.70. The fourth-order valence-corrected chi connectivity index (χ4v) is 4.04. The molecule has 2 saturated carbocycles. The average Bonchev–Trinajstić information content (AvgIpc) is 2.52. The van der Waals surface area contributed by atoms with E-state index in [9.17, 15) is 4.79 Å². The number of oxime groups is 1. The third kappa shape index (κ3) is 0.835. The number of ketones is 1. The van der Waals surface area contributed by atoms with Crippen LogP contribution in [0.25, 0.3) is 0 Å². The summed E-state index contributed by atoms with van der Waals surface area (Å²) in [4.78, 5) is 12.0. The molecule has 2 rings (SSSR count). The van der Waals surface area contributed by atoms with E-state index in [0.29, 0.717) is 5.71 Å². The largest absolute Gasteiger partial charge is 0.411 e. The molecule has 78 valence electrons. The van der Waals surface area contributed by atoms with E-state index in [-0.39, 0.29) is 22.5 Å². The van der Waals surface area contributed by atoms with E-state index in [2.05, 4.69) is 28.0 Å². The number of halogens is 1. The lowest BCUT2D eigenvalue weighted by molar-refractivity contribution is -0.123. The van der Waals surface area contributed by atoms with E-state index >= 15 is 0 Å². The molecule has 3 atom stereocenters. The lowest BCUT2D eigenvalue weighted by Gasteiger charge is -2.33. The maximum Gasteiger partial charge on any atom is 0.187 e. The van der Waals surface area contributed by atoms with E-state index in [1.54, 1.807) is 0 Å². The van der Waals surface area contributed by atoms with E-state index < -0.39 is 0 Å². The minimum absolute atomic E-state index is 0.0400. The van der Waals surface area contributed by atoms with Crippen LogP contribution in [0.5, 0.6) is 0 Å². The van der Waals surface area contributed by atoms with Gasteiger partial charge in [-0.1, -0.05) is 34.9 Å². The molecule has 14 heavy (non-hydrogen) atoms. The Kier molecular flexibility index (Phi) is 2.04. The molecule has 0 aromatic carbocycles. The predicted molar refractivity (Wildman–Crippen MR) is 57.0 cm³/mol. The summed E-state index contributed by atoms with van der Waals surface area (Å²) in [7, 11) is 0. The molecule has 2 aliphatic carbocycles. The first-order valence-corrected chi connectivity index (χ1v) is 5.96. The molecule has 3 unspecified atom stereocenters. The number of carbonyl (C=O) groups is 1. The number of hydrogen-bond donors (Lipinski definition) is 1. The van der Waals surface area contributed by atoms with Gasteiger partial charge in [-0.3, -0.25) is 4.79 Å². The van der Waals surface area contributed by atoms with Crippen LogP contribution in [0.3, 0.4) is 0 Å². The second-order valence-corrected chi connectivity index (χ2v) is 5.35. The number of nitrogens with zero attached hydrogens (tertiary/aromatic N) is 1. The number of alkyl halides is 1. The molecule has 2 fully saturated rings. The van der Waals surface area contributed by atoms with Crippen LogP contribution in [-0.4, -0.2) is 22.0 Å². The van der Waals surface area contributed by atoms with Gasteiger partial charge in [-0.25, -0.2) is 0 Å². The van der Waals surface area contributed by atoms with Crippen molar-refractivity contribution in [1.29, 1.82) is 0 Å². The summed E-state index contributed by atoms with van der Waals surface area (Å²) in [6, 6.07) is 0. The SMILES string of the molecule is CC12CCC(/C(=N\O)C1=O)C2(C)CBr. The van der Waals surface area contributed by atoms with Crippen molar-refractivity contribution in [2.45, 2.75) is 26.7 Å². The monoisotopic (exact) mass is 259 g/mol. The van der Waals surface area contributed by atoms with Crippen LogP contribution < -0.4 is 0 Å². The summed E-state index contributed by atoms with van der Waals surface area (Å²) in [5.74, 6) is 0.169. The molecule has 0 amide bonds. The number of rotatable bonds is 1. The van der Waals surface area contributed by atoms with Gasteiger partial charge in [-0.2, -0.15) is 0 Å². The first-order valence-electron chi connectivity index (χ1n) is 4.84. The minimum atomic E-state index is -0.331. The van der Waals surface area contributed by atoms with E-state index in [4.69, 9.17) is 5.21 Å². The number of carbonyl (C=O) groups excluding carboxylic acids is 1. The summed E-state index contributed by atoms with van der Waals surface area (Å²) >= 11 is 3.48. The molecule has 3 nitrogen and oxygen atoms in total. The zero-order valence-corrected chi connectivity index (χ0v) is 9.97. The normalized spacial score (nSPS) is 49.2. The van der Waals surface area contributed by atoms with Gasteiger partial charge in [-0.05, 0) is 18.3 Å². The van der Waals surface area contributed by atoms with Crippen molar-refractivity contribution in [3.63, 3.8) is 0 Å². The summed E-state index contributed by atoms with van der Waals surface area (Å²) in [5, 5.41) is 12.8. The average molecular weight is 260 g/mol. The van der Waals surface area contributed by atoms with Gasteiger partial charge in [0.2, 0.25) is 0 Å². The molecule has 4 heteroatoms. The molecule has 2 bridgehead atoms. The van der Waals surface area contributed by atoms with Gasteiger partial charge >= 0.3 is 0 Å². The van der Waals surface area contributed by atoms with Crippen molar-refractivity contribution >= 4 is 27.4 Å². The Morgan fingerprint density at radius 2 is 2.29 bits per heavy atom. The standard InChI is InChI=1S/C10H14BrNO2/c1-9-4-3-6(10(9,2)5-11)7(12-14)8(9)13/h6,14H,3-5H2,1-2H3/b12-7+. The minimum Gasteiger partial charge on any atom is -0.411 e. The Balaban J connectivity index is 2.56. The lowest BCUT2D eigenvalue weighted by Crippen LogP contribution is -2.36. The van der Waals surface area contributed by atoms with Crippen LogP contribution in [0.15, 0.2) is 5.16 Å². The van der Waals surface area contributed by atoms with Gasteiger partial charge in [0, 0.05) is 16.7 Å². The molecular weight excluding hydrogens is 246 g/mol. The zero-order chi connectivity index (χ0) is 10.6. The second-order valence-electron chi connectivity index (χ2n) is 4.79. The van der Waals surface area contributed by atoms with Crippen molar-refractivity contribution in [2.24, 2.45) is 21.9 Å². The highest BCUT2D eigenvalue weighted by molar-refractivity contribution is 9.09. The van der Waals surface area contributed by atoms with Crippen LogP contribution in [0.4, 0.5) is 0 Å². The molecule has 0 aromatic heterocycles. The molecular formula is C10H14BrNO2. The molecule has 0 radical (unpaired) electrons. The van der Waals surface area contributed by atoms with Crippen molar-refractivity contribution in [1.82, 2.24) is 0 Å². The Morgan fingerprint density at radius 1 is 1.64 bits per heavy atom. The van der Waals surface area contributed by atoms with E-state index in [1.165, 1.54) is 0 Å². The maximum absolute atomic E-state index is 12.0. The fraction of sp³-hybridized carbons (Fsp3) is 0.800. The van der Waals surface area contributed by atoms with Gasteiger partial charge in [-0.15, -0.1) is 0 Å². The third-order valence-electron chi connectivity index (χ3n) is 4.41. The molecule has 0 heterocycles. The van der Waals surface area contributed by atoms with Crippen LogP contribution in [0, 0.1) is 16.7 Å². The number of hydrogen-bond acceptors (Lipinski definition) is 3. The van der Waals surface area contributed by atoms with Gasteiger partial charge in [0.25, 0.3) is 0 Å². The highest BCUT2D eigenvalue weighted by Crippen LogP contribution is 2.63. The summed E-state index contributed by atoms with van der Waals surface area (Å²) < 4.78 is 0. The van der Waals surface area contributed by atoms with E-state index in [0.717, 1.165) is 18.2 Å². The Labute approximate surface area is 91.7 Å².